The van der Waals surface area contributed by atoms with E-state index in [0.29, 0.717) is 13.2 Å². The summed E-state index contributed by atoms with van der Waals surface area (Å²) in [6.07, 6.45) is 9.18. The summed E-state index contributed by atoms with van der Waals surface area (Å²) in [5.41, 5.74) is 0. The van der Waals surface area contributed by atoms with Crippen LogP contribution < -0.4 is 10.6 Å². The van der Waals surface area contributed by atoms with Gasteiger partial charge in [0.25, 0.3) is 0 Å². The van der Waals surface area contributed by atoms with Crippen LogP contribution in [-0.2, 0) is 17.9 Å². The normalized spacial score (nSPS) is 11.1. The molecule has 0 radical (unpaired) electrons. The SMILES string of the molecule is CN=C(NCCCOCc1ccco1)NCCCn1ccnc1.I. The Bertz CT molecular complexity index is 543. The zero-order chi connectivity index (χ0) is 16.2. The monoisotopic (exact) mass is 447 g/mol. The standard InChI is InChI=1S/C16H25N5O2.HI/c1-17-16(19-6-3-9-21-10-8-18-14-21)20-7-4-11-22-13-15-5-2-12-23-15;/h2,5,8,10,12,14H,3-4,6-7,9,11,13H2,1H3,(H2,17,19,20);1H. The highest BCUT2D eigenvalue weighted by atomic mass is 127. The van der Waals surface area contributed by atoms with Gasteiger partial charge in [-0.15, -0.1) is 24.0 Å². The maximum atomic E-state index is 5.53. The van der Waals surface area contributed by atoms with E-state index in [4.69, 9.17) is 9.15 Å². The van der Waals surface area contributed by atoms with Crippen LogP contribution in [0.5, 0.6) is 0 Å². The second-order valence-electron chi connectivity index (χ2n) is 5.07. The molecule has 134 valence electrons. The fraction of sp³-hybridized carbons (Fsp3) is 0.500. The van der Waals surface area contributed by atoms with Gasteiger partial charge in [0.2, 0.25) is 0 Å². The fourth-order valence-corrected chi connectivity index (χ4v) is 2.06. The number of ether oxygens (including phenoxy) is 1. The number of imidazole rings is 1. The van der Waals surface area contributed by atoms with E-state index >= 15 is 0 Å². The predicted octanol–water partition coefficient (Wildman–Crippen LogP) is 2.26. The molecule has 0 aliphatic heterocycles. The smallest absolute Gasteiger partial charge is 0.190 e. The van der Waals surface area contributed by atoms with Gasteiger partial charge < -0.3 is 24.4 Å². The van der Waals surface area contributed by atoms with Crippen molar-refractivity contribution < 1.29 is 9.15 Å². The number of hydrogen-bond acceptors (Lipinski definition) is 4. The van der Waals surface area contributed by atoms with E-state index in [1.54, 1.807) is 19.5 Å². The van der Waals surface area contributed by atoms with E-state index in [2.05, 4.69) is 25.2 Å². The first kappa shape index (κ1) is 20.5. The number of rotatable bonds is 10. The summed E-state index contributed by atoms with van der Waals surface area (Å²) in [6, 6.07) is 3.77. The van der Waals surface area contributed by atoms with Crippen molar-refractivity contribution in [3.63, 3.8) is 0 Å². The minimum atomic E-state index is 0. The van der Waals surface area contributed by atoms with Crippen molar-refractivity contribution in [3.8, 4) is 0 Å². The van der Waals surface area contributed by atoms with E-state index in [1.807, 2.05) is 24.7 Å². The van der Waals surface area contributed by atoms with Gasteiger partial charge in [-0.05, 0) is 25.0 Å². The molecule has 0 unspecified atom stereocenters. The topological polar surface area (TPSA) is 76.6 Å². The van der Waals surface area contributed by atoms with Crippen LogP contribution in [0.1, 0.15) is 18.6 Å². The van der Waals surface area contributed by atoms with Crippen molar-refractivity contribution in [1.82, 2.24) is 20.2 Å². The molecule has 24 heavy (non-hydrogen) atoms. The Morgan fingerprint density at radius 3 is 2.83 bits per heavy atom. The van der Waals surface area contributed by atoms with Crippen molar-refractivity contribution in [2.75, 3.05) is 26.7 Å². The van der Waals surface area contributed by atoms with E-state index in [-0.39, 0.29) is 24.0 Å². The van der Waals surface area contributed by atoms with Crippen LogP contribution in [0.15, 0.2) is 46.5 Å². The van der Waals surface area contributed by atoms with Gasteiger partial charge in [-0.1, -0.05) is 0 Å². The second-order valence-corrected chi connectivity index (χ2v) is 5.07. The fourth-order valence-electron chi connectivity index (χ4n) is 2.06. The molecule has 2 aromatic rings. The van der Waals surface area contributed by atoms with Crippen molar-refractivity contribution in [3.05, 3.63) is 42.9 Å². The summed E-state index contributed by atoms with van der Waals surface area (Å²) < 4.78 is 12.8. The molecule has 0 atom stereocenters. The van der Waals surface area contributed by atoms with Gasteiger partial charge in [0.1, 0.15) is 12.4 Å². The highest BCUT2D eigenvalue weighted by Crippen LogP contribution is 2.01. The molecular weight excluding hydrogens is 421 g/mol. The molecule has 0 amide bonds. The molecule has 0 aliphatic carbocycles. The van der Waals surface area contributed by atoms with E-state index < -0.39 is 0 Å². The second kappa shape index (κ2) is 12.8. The summed E-state index contributed by atoms with van der Waals surface area (Å²) in [4.78, 5) is 8.22. The summed E-state index contributed by atoms with van der Waals surface area (Å²) >= 11 is 0. The van der Waals surface area contributed by atoms with Gasteiger partial charge in [-0.25, -0.2) is 4.98 Å². The van der Waals surface area contributed by atoms with Crippen molar-refractivity contribution in [2.45, 2.75) is 26.0 Å². The van der Waals surface area contributed by atoms with E-state index in [9.17, 15) is 0 Å². The third-order valence-electron chi connectivity index (χ3n) is 3.25. The largest absolute Gasteiger partial charge is 0.467 e. The van der Waals surface area contributed by atoms with Gasteiger partial charge in [0.05, 0.1) is 12.6 Å². The highest BCUT2D eigenvalue weighted by molar-refractivity contribution is 14.0. The Morgan fingerprint density at radius 2 is 2.17 bits per heavy atom. The zero-order valence-corrected chi connectivity index (χ0v) is 16.3. The third kappa shape index (κ3) is 8.34. The van der Waals surface area contributed by atoms with Gasteiger partial charge in [-0.2, -0.15) is 0 Å². The quantitative estimate of drug-likeness (QED) is 0.253. The maximum absolute atomic E-state index is 5.53. The molecule has 2 rings (SSSR count). The maximum Gasteiger partial charge on any atom is 0.190 e. The first-order valence-corrected chi connectivity index (χ1v) is 7.89. The van der Waals surface area contributed by atoms with Crippen molar-refractivity contribution in [2.24, 2.45) is 4.99 Å². The number of nitrogens with one attached hydrogen (secondary N) is 2. The lowest BCUT2D eigenvalue weighted by molar-refractivity contribution is 0.105. The molecule has 0 aromatic carbocycles. The number of nitrogens with zero attached hydrogens (tertiary/aromatic N) is 3. The summed E-state index contributed by atoms with van der Waals surface area (Å²) in [6.45, 7) is 3.84. The minimum absolute atomic E-state index is 0. The van der Waals surface area contributed by atoms with Crippen LogP contribution in [0.25, 0.3) is 0 Å². The summed E-state index contributed by atoms with van der Waals surface area (Å²) in [7, 11) is 1.78. The average molecular weight is 447 g/mol. The molecule has 0 saturated carbocycles. The van der Waals surface area contributed by atoms with E-state index in [0.717, 1.165) is 44.2 Å². The molecule has 0 spiro atoms. The van der Waals surface area contributed by atoms with Crippen LogP contribution >= 0.6 is 24.0 Å². The highest BCUT2D eigenvalue weighted by Gasteiger charge is 1.98. The van der Waals surface area contributed by atoms with Crippen LogP contribution in [0, 0.1) is 0 Å². The molecule has 8 heteroatoms. The Balaban J connectivity index is 0.00000288. The third-order valence-corrected chi connectivity index (χ3v) is 3.25. The lowest BCUT2D eigenvalue weighted by atomic mass is 10.4. The number of halogens is 1. The Labute approximate surface area is 159 Å². The minimum Gasteiger partial charge on any atom is -0.467 e. The summed E-state index contributed by atoms with van der Waals surface area (Å²) in [5.74, 6) is 1.68. The number of furan rings is 1. The average Bonchev–Trinajstić information content (AvgIpc) is 3.26. The Hall–Kier alpha value is -1.55. The number of aromatic nitrogens is 2. The Kier molecular flexibility index (Phi) is 10.9. The number of aliphatic imine (C=N–C) groups is 1. The van der Waals surface area contributed by atoms with Crippen LogP contribution in [0.4, 0.5) is 0 Å². The molecule has 7 nitrogen and oxygen atoms in total. The molecule has 0 aliphatic rings. The van der Waals surface area contributed by atoms with Gasteiger partial charge in [0, 0.05) is 45.7 Å². The van der Waals surface area contributed by atoms with Crippen molar-refractivity contribution in [1.29, 1.82) is 0 Å². The number of hydrogen-bond donors (Lipinski definition) is 2. The van der Waals surface area contributed by atoms with Crippen LogP contribution in [0.3, 0.4) is 0 Å². The molecule has 0 fully saturated rings. The zero-order valence-electron chi connectivity index (χ0n) is 14.0. The Morgan fingerprint density at radius 1 is 1.33 bits per heavy atom. The van der Waals surface area contributed by atoms with E-state index in [1.165, 1.54) is 0 Å². The van der Waals surface area contributed by atoms with Gasteiger partial charge >= 0.3 is 0 Å². The summed E-state index contributed by atoms with van der Waals surface area (Å²) in [5, 5.41) is 6.57. The molecule has 2 aromatic heterocycles. The van der Waals surface area contributed by atoms with Crippen LogP contribution in [0.2, 0.25) is 0 Å². The first-order valence-electron chi connectivity index (χ1n) is 7.89. The lowest BCUT2D eigenvalue weighted by Crippen LogP contribution is -2.38. The molecule has 0 saturated heterocycles. The van der Waals surface area contributed by atoms with Gasteiger partial charge in [-0.3, -0.25) is 4.99 Å². The number of aryl methyl sites for hydroxylation is 1. The lowest BCUT2D eigenvalue weighted by Gasteiger charge is -2.12. The molecular formula is C16H26IN5O2. The van der Waals surface area contributed by atoms with Gasteiger partial charge in [0.15, 0.2) is 5.96 Å². The van der Waals surface area contributed by atoms with Crippen LogP contribution in [-0.4, -0.2) is 42.3 Å². The van der Waals surface area contributed by atoms with Crippen molar-refractivity contribution >= 4 is 29.9 Å². The molecule has 0 bridgehead atoms. The molecule has 2 heterocycles. The predicted molar refractivity (Wildman–Crippen MR) is 105 cm³/mol. The molecule has 2 N–H and O–H groups in total. The first-order chi connectivity index (χ1) is 11.4. The number of guanidine groups is 1.